The van der Waals surface area contributed by atoms with Crippen LogP contribution in [0.1, 0.15) is 41.8 Å². The monoisotopic (exact) mass is 413 g/mol. The molecule has 0 radical (unpaired) electrons. The standard InChI is InChI=1S/C19H19N5O2S2/c1-9-5-6-11-13(8-9)28-18-14(11)15(20)21-19(23-18)27-10(2)17-22-16(24-26-17)12-4-3-7-25-12/h3-4,7,9-10H,5-6,8H2,1-2H3,(H2,20,21,23)/t9-,10-/m0/s1. The largest absolute Gasteiger partial charge is 0.461 e. The van der Waals surface area contributed by atoms with E-state index in [2.05, 4.69) is 22.0 Å². The molecule has 1 aliphatic rings. The number of thiophene rings is 1. The maximum Gasteiger partial charge on any atom is 0.240 e. The number of hydrogen-bond donors (Lipinski definition) is 1. The average Bonchev–Trinajstić information content (AvgIpc) is 3.39. The van der Waals surface area contributed by atoms with Gasteiger partial charge in [0.1, 0.15) is 10.6 Å². The number of furan rings is 1. The minimum absolute atomic E-state index is 0.109. The first-order valence-electron chi connectivity index (χ1n) is 9.20. The Balaban J connectivity index is 1.42. The van der Waals surface area contributed by atoms with E-state index in [1.807, 2.05) is 6.92 Å². The summed E-state index contributed by atoms with van der Waals surface area (Å²) < 4.78 is 10.7. The lowest BCUT2D eigenvalue weighted by Crippen LogP contribution is -2.09. The van der Waals surface area contributed by atoms with Crippen molar-refractivity contribution in [2.24, 2.45) is 5.92 Å². The molecule has 0 spiro atoms. The molecule has 0 aromatic carbocycles. The molecule has 5 rings (SSSR count). The fourth-order valence-electron chi connectivity index (χ4n) is 3.52. The van der Waals surface area contributed by atoms with E-state index >= 15 is 0 Å². The summed E-state index contributed by atoms with van der Waals surface area (Å²) in [4.78, 5) is 16.1. The van der Waals surface area contributed by atoms with Gasteiger partial charge in [0.25, 0.3) is 0 Å². The van der Waals surface area contributed by atoms with Crippen LogP contribution >= 0.6 is 23.1 Å². The predicted molar refractivity (Wildman–Crippen MR) is 109 cm³/mol. The summed E-state index contributed by atoms with van der Waals surface area (Å²) >= 11 is 3.21. The number of nitrogens with zero attached hydrogens (tertiary/aromatic N) is 4. The van der Waals surface area contributed by atoms with Gasteiger partial charge in [-0.25, -0.2) is 9.97 Å². The molecule has 28 heavy (non-hydrogen) atoms. The van der Waals surface area contributed by atoms with Crippen molar-refractivity contribution in [3.8, 4) is 11.6 Å². The molecule has 2 atom stereocenters. The van der Waals surface area contributed by atoms with Gasteiger partial charge >= 0.3 is 0 Å². The van der Waals surface area contributed by atoms with Gasteiger partial charge in [0.2, 0.25) is 11.7 Å². The second kappa shape index (κ2) is 6.89. The van der Waals surface area contributed by atoms with Gasteiger partial charge in [0.15, 0.2) is 10.9 Å². The molecule has 0 saturated carbocycles. The van der Waals surface area contributed by atoms with Crippen LogP contribution in [0.2, 0.25) is 0 Å². The van der Waals surface area contributed by atoms with Crippen LogP contribution in [0.4, 0.5) is 5.82 Å². The summed E-state index contributed by atoms with van der Waals surface area (Å²) in [6, 6.07) is 3.58. The molecule has 1 aliphatic carbocycles. The van der Waals surface area contributed by atoms with Crippen molar-refractivity contribution in [3.05, 3.63) is 34.7 Å². The van der Waals surface area contributed by atoms with Crippen LogP contribution in [-0.2, 0) is 12.8 Å². The Bertz CT molecular complexity index is 1140. The van der Waals surface area contributed by atoms with E-state index in [1.54, 1.807) is 29.7 Å². The molecule has 0 aliphatic heterocycles. The number of aryl methyl sites for hydroxylation is 1. The molecular weight excluding hydrogens is 394 g/mol. The Labute approximate surface area is 169 Å². The summed E-state index contributed by atoms with van der Waals surface area (Å²) in [7, 11) is 0. The predicted octanol–water partition coefficient (Wildman–Crippen LogP) is 4.89. The number of nitrogens with two attached hydrogens (primary N) is 1. The van der Waals surface area contributed by atoms with Crippen LogP contribution in [0, 0.1) is 5.92 Å². The molecule has 4 heterocycles. The Kier molecular flexibility index (Phi) is 4.36. The van der Waals surface area contributed by atoms with Gasteiger partial charge in [-0.05, 0) is 49.8 Å². The minimum Gasteiger partial charge on any atom is -0.461 e. The van der Waals surface area contributed by atoms with Crippen molar-refractivity contribution >= 4 is 39.1 Å². The molecule has 4 aromatic heterocycles. The van der Waals surface area contributed by atoms with Crippen LogP contribution in [0.15, 0.2) is 32.5 Å². The molecular formula is C19H19N5O2S2. The number of aromatic nitrogens is 4. The molecule has 9 heteroatoms. The van der Waals surface area contributed by atoms with Crippen LogP contribution in [-0.4, -0.2) is 20.1 Å². The van der Waals surface area contributed by atoms with E-state index < -0.39 is 0 Å². The molecule has 7 nitrogen and oxygen atoms in total. The van der Waals surface area contributed by atoms with Gasteiger partial charge in [0, 0.05) is 4.88 Å². The van der Waals surface area contributed by atoms with Gasteiger partial charge in [-0.2, -0.15) is 4.98 Å². The highest BCUT2D eigenvalue weighted by Crippen LogP contribution is 2.41. The summed E-state index contributed by atoms with van der Waals surface area (Å²) in [5.74, 6) is 2.78. The Morgan fingerprint density at radius 2 is 2.21 bits per heavy atom. The Morgan fingerprint density at radius 3 is 3.04 bits per heavy atom. The SMILES string of the molecule is C[C@H]1CCc2c(sc3nc(S[C@@H](C)c4nc(-c5ccco5)no4)nc(N)c23)C1. The maximum absolute atomic E-state index is 6.32. The molecule has 2 N–H and O–H groups in total. The zero-order valence-corrected chi connectivity index (χ0v) is 17.1. The van der Waals surface area contributed by atoms with Gasteiger partial charge < -0.3 is 14.7 Å². The molecule has 0 amide bonds. The quantitative estimate of drug-likeness (QED) is 0.372. The summed E-state index contributed by atoms with van der Waals surface area (Å²) in [5, 5.41) is 5.54. The summed E-state index contributed by atoms with van der Waals surface area (Å²) in [6.07, 6.45) is 4.94. The number of fused-ring (bicyclic) bond motifs is 3. The van der Waals surface area contributed by atoms with Crippen LogP contribution in [0.25, 0.3) is 21.8 Å². The summed E-state index contributed by atoms with van der Waals surface area (Å²) in [5.41, 5.74) is 7.67. The second-order valence-corrected chi connectivity index (χ2v) is 9.51. The number of nitrogen functional groups attached to an aromatic ring is 1. The van der Waals surface area contributed by atoms with Crippen molar-refractivity contribution in [2.75, 3.05) is 5.73 Å². The fourth-order valence-corrected chi connectivity index (χ4v) is 5.77. The smallest absolute Gasteiger partial charge is 0.240 e. The highest BCUT2D eigenvalue weighted by atomic mass is 32.2. The fraction of sp³-hybridized carbons (Fsp3) is 0.368. The van der Waals surface area contributed by atoms with Gasteiger partial charge in [-0.1, -0.05) is 23.8 Å². The van der Waals surface area contributed by atoms with Crippen LogP contribution < -0.4 is 5.73 Å². The van der Waals surface area contributed by atoms with E-state index in [-0.39, 0.29) is 5.25 Å². The number of hydrogen-bond acceptors (Lipinski definition) is 9. The third kappa shape index (κ3) is 3.08. The van der Waals surface area contributed by atoms with Gasteiger partial charge in [0.05, 0.1) is 16.9 Å². The highest BCUT2D eigenvalue weighted by molar-refractivity contribution is 7.99. The number of thioether (sulfide) groups is 1. The van der Waals surface area contributed by atoms with E-state index in [1.165, 1.54) is 28.6 Å². The van der Waals surface area contributed by atoms with E-state index in [0.717, 1.165) is 23.1 Å². The van der Waals surface area contributed by atoms with Gasteiger partial charge in [-0.15, -0.1) is 11.3 Å². The van der Waals surface area contributed by atoms with Crippen LogP contribution in [0.5, 0.6) is 0 Å². The van der Waals surface area contributed by atoms with E-state index in [0.29, 0.717) is 34.4 Å². The Hall–Kier alpha value is -2.39. The van der Waals surface area contributed by atoms with Gasteiger partial charge in [-0.3, -0.25) is 0 Å². The van der Waals surface area contributed by atoms with Crippen molar-refractivity contribution in [3.63, 3.8) is 0 Å². The third-order valence-electron chi connectivity index (χ3n) is 4.98. The molecule has 0 unspecified atom stereocenters. The third-order valence-corrected chi connectivity index (χ3v) is 7.07. The lowest BCUT2D eigenvalue weighted by Gasteiger charge is -2.17. The maximum atomic E-state index is 6.32. The van der Waals surface area contributed by atoms with Crippen molar-refractivity contribution in [1.29, 1.82) is 0 Å². The number of anilines is 1. The number of rotatable bonds is 4. The lowest BCUT2D eigenvalue weighted by molar-refractivity contribution is 0.379. The molecule has 0 fully saturated rings. The second-order valence-electron chi connectivity index (χ2n) is 7.12. The summed E-state index contributed by atoms with van der Waals surface area (Å²) in [6.45, 7) is 4.28. The molecule has 144 valence electrons. The van der Waals surface area contributed by atoms with E-state index in [9.17, 15) is 0 Å². The minimum atomic E-state index is -0.109. The molecule has 4 aromatic rings. The normalized spacial score (nSPS) is 17.7. The first-order chi connectivity index (χ1) is 13.6. The molecule has 0 bridgehead atoms. The molecule has 0 saturated heterocycles. The van der Waals surface area contributed by atoms with E-state index in [4.69, 9.17) is 19.7 Å². The Morgan fingerprint density at radius 1 is 1.32 bits per heavy atom. The highest BCUT2D eigenvalue weighted by Gasteiger charge is 2.24. The first-order valence-corrected chi connectivity index (χ1v) is 10.9. The van der Waals surface area contributed by atoms with Crippen molar-refractivity contribution < 1.29 is 8.94 Å². The van der Waals surface area contributed by atoms with Crippen molar-refractivity contribution in [1.82, 2.24) is 20.1 Å². The zero-order chi connectivity index (χ0) is 19.3. The zero-order valence-electron chi connectivity index (χ0n) is 15.5. The first kappa shape index (κ1) is 17.7. The topological polar surface area (TPSA) is 104 Å². The average molecular weight is 414 g/mol. The van der Waals surface area contributed by atoms with Crippen LogP contribution in [0.3, 0.4) is 0 Å². The lowest BCUT2D eigenvalue weighted by atomic mass is 9.89. The van der Waals surface area contributed by atoms with Crippen molar-refractivity contribution in [2.45, 2.75) is 43.5 Å².